The van der Waals surface area contributed by atoms with Crippen molar-refractivity contribution in [1.29, 1.82) is 0 Å². The maximum atomic E-state index is 14.5. The lowest BCUT2D eigenvalue weighted by molar-refractivity contribution is 0.0664. The van der Waals surface area contributed by atoms with Crippen LogP contribution in [0.5, 0.6) is 0 Å². The van der Waals surface area contributed by atoms with Crippen molar-refractivity contribution in [1.82, 2.24) is 4.90 Å². The van der Waals surface area contributed by atoms with Gasteiger partial charge in [0.1, 0.15) is 5.58 Å². The van der Waals surface area contributed by atoms with E-state index in [4.69, 9.17) is 4.42 Å². The summed E-state index contributed by atoms with van der Waals surface area (Å²) in [4.78, 5) is 16.5. The number of aromatic carboxylic acids is 1. The summed E-state index contributed by atoms with van der Waals surface area (Å²) in [6.45, 7) is 10.3. The van der Waals surface area contributed by atoms with E-state index in [1.807, 2.05) is 54.6 Å². The number of benzene rings is 4. The number of hydrogen-bond acceptors (Lipinski definition) is 6. The molecular formula is C37H39N3O5S. The number of aryl methyl sites for hydroxylation is 3. The van der Waals surface area contributed by atoms with Crippen LogP contribution in [0.15, 0.2) is 100 Å². The Morgan fingerprint density at radius 3 is 2.26 bits per heavy atom. The maximum Gasteiger partial charge on any atom is 0.372 e. The lowest BCUT2D eigenvalue weighted by Crippen LogP contribution is -2.46. The minimum absolute atomic E-state index is 0.0851. The number of furan rings is 1. The fourth-order valence-electron chi connectivity index (χ4n) is 6.19. The van der Waals surface area contributed by atoms with Crippen molar-refractivity contribution >= 4 is 38.3 Å². The number of piperazine rings is 1. The van der Waals surface area contributed by atoms with Gasteiger partial charge < -0.3 is 14.4 Å². The average Bonchev–Trinajstić information content (AvgIpc) is 3.40. The first kappa shape index (κ1) is 31.4. The van der Waals surface area contributed by atoms with E-state index in [0.29, 0.717) is 28.6 Å². The van der Waals surface area contributed by atoms with Crippen LogP contribution in [0.4, 0.5) is 11.4 Å². The summed E-state index contributed by atoms with van der Waals surface area (Å²) in [5.41, 5.74) is 7.16. The summed E-state index contributed by atoms with van der Waals surface area (Å²) in [6.07, 6.45) is 0.522. The molecule has 8 nitrogen and oxygen atoms in total. The van der Waals surface area contributed by atoms with E-state index in [1.165, 1.54) is 39.2 Å². The van der Waals surface area contributed by atoms with E-state index in [9.17, 15) is 18.3 Å². The van der Waals surface area contributed by atoms with Gasteiger partial charge in [-0.3, -0.25) is 9.21 Å². The quantitative estimate of drug-likeness (QED) is 0.180. The van der Waals surface area contributed by atoms with Gasteiger partial charge in [0.05, 0.1) is 16.3 Å². The molecular weight excluding hydrogens is 598 g/mol. The molecule has 1 N–H and O–H groups in total. The van der Waals surface area contributed by atoms with Crippen LogP contribution in [0.1, 0.15) is 38.4 Å². The van der Waals surface area contributed by atoms with Gasteiger partial charge in [-0.2, -0.15) is 0 Å². The summed E-state index contributed by atoms with van der Waals surface area (Å²) in [7, 11) is -4.06. The highest BCUT2D eigenvalue weighted by molar-refractivity contribution is 7.92. The Morgan fingerprint density at radius 1 is 0.826 bits per heavy atom. The van der Waals surface area contributed by atoms with Crippen LogP contribution in [-0.2, 0) is 23.0 Å². The van der Waals surface area contributed by atoms with Gasteiger partial charge in [-0.05, 0) is 79.8 Å². The van der Waals surface area contributed by atoms with Gasteiger partial charge in [-0.25, -0.2) is 13.2 Å². The maximum absolute atomic E-state index is 14.5. The molecule has 2 heterocycles. The van der Waals surface area contributed by atoms with Gasteiger partial charge in [0.25, 0.3) is 10.0 Å². The van der Waals surface area contributed by atoms with E-state index in [2.05, 4.69) is 41.8 Å². The molecule has 1 aromatic heterocycles. The molecule has 0 bridgehead atoms. The molecule has 0 saturated carbocycles. The second-order valence-electron chi connectivity index (χ2n) is 12.0. The predicted octanol–water partition coefficient (Wildman–Crippen LogP) is 6.82. The van der Waals surface area contributed by atoms with Crippen LogP contribution in [-0.4, -0.2) is 57.1 Å². The number of carboxylic acids is 1. The van der Waals surface area contributed by atoms with E-state index < -0.39 is 16.0 Å². The Labute approximate surface area is 270 Å². The van der Waals surface area contributed by atoms with Gasteiger partial charge in [0.2, 0.25) is 5.76 Å². The molecule has 9 heteroatoms. The number of fused-ring (bicyclic) bond motifs is 1. The standard InChI is InChI=1S/C37H39N3O5S/c1-26-13-14-30(23-27(26)2)25-38-19-21-39(22-20-38)33-11-7-8-12-34(33)40(18-17-29-9-5-4-6-10-29)46(43,44)31-15-16-35-32(24-31)28(3)36(45-35)37(41)42/h4-16,23-24H,17-22,25H2,1-3H3,(H,41,42). The Bertz CT molecular complexity index is 1980. The summed E-state index contributed by atoms with van der Waals surface area (Å²) in [5.74, 6) is -1.38. The molecule has 0 aliphatic carbocycles. The normalized spacial score (nSPS) is 14.1. The molecule has 46 heavy (non-hydrogen) atoms. The first-order chi connectivity index (χ1) is 22.1. The van der Waals surface area contributed by atoms with Crippen molar-refractivity contribution in [3.8, 4) is 0 Å². The van der Waals surface area contributed by atoms with Crippen molar-refractivity contribution in [3.05, 3.63) is 125 Å². The summed E-state index contributed by atoms with van der Waals surface area (Å²) < 4.78 is 36.1. The summed E-state index contributed by atoms with van der Waals surface area (Å²) >= 11 is 0. The number of nitrogens with zero attached hydrogens (tertiary/aromatic N) is 3. The third-order valence-electron chi connectivity index (χ3n) is 8.98. The number of carboxylic acid groups (broad SMARTS) is 1. The molecule has 0 amide bonds. The van der Waals surface area contributed by atoms with Crippen LogP contribution in [0.3, 0.4) is 0 Å². The Kier molecular flexibility index (Phi) is 8.88. The first-order valence-electron chi connectivity index (χ1n) is 15.6. The van der Waals surface area contributed by atoms with Crippen LogP contribution in [0.2, 0.25) is 0 Å². The van der Waals surface area contributed by atoms with Crippen molar-refractivity contribution in [2.75, 3.05) is 41.9 Å². The zero-order valence-electron chi connectivity index (χ0n) is 26.4. The van der Waals surface area contributed by atoms with Crippen molar-refractivity contribution in [2.45, 2.75) is 38.6 Å². The largest absolute Gasteiger partial charge is 0.475 e. The molecule has 0 unspecified atom stereocenters. The Balaban J connectivity index is 1.31. The smallest absolute Gasteiger partial charge is 0.372 e. The van der Waals surface area contributed by atoms with Crippen LogP contribution < -0.4 is 9.21 Å². The predicted molar refractivity (Wildman–Crippen MR) is 182 cm³/mol. The molecule has 5 aromatic rings. The molecule has 1 saturated heterocycles. The number of sulfonamides is 1. The molecule has 238 valence electrons. The van der Waals surface area contributed by atoms with Crippen molar-refractivity contribution in [3.63, 3.8) is 0 Å². The van der Waals surface area contributed by atoms with Gasteiger partial charge in [-0.1, -0.05) is 60.7 Å². The molecule has 1 aliphatic heterocycles. The van der Waals surface area contributed by atoms with E-state index in [0.717, 1.165) is 44.0 Å². The lowest BCUT2D eigenvalue weighted by atomic mass is 10.1. The van der Waals surface area contributed by atoms with E-state index >= 15 is 0 Å². The lowest BCUT2D eigenvalue weighted by Gasteiger charge is -2.38. The monoisotopic (exact) mass is 637 g/mol. The minimum Gasteiger partial charge on any atom is -0.475 e. The number of para-hydroxylation sites is 2. The molecule has 1 fully saturated rings. The minimum atomic E-state index is -4.06. The second-order valence-corrected chi connectivity index (χ2v) is 13.9. The molecule has 0 atom stereocenters. The van der Waals surface area contributed by atoms with Crippen LogP contribution >= 0.6 is 0 Å². The summed E-state index contributed by atoms with van der Waals surface area (Å²) in [5, 5.41) is 10.0. The third kappa shape index (κ3) is 6.38. The summed E-state index contributed by atoms with van der Waals surface area (Å²) in [6, 6.07) is 28.8. The molecule has 1 aliphatic rings. The second kappa shape index (κ2) is 13.0. The van der Waals surface area contributed by atoms with Gasteiger partial charge in [-0.15, -0.1) is 0 Å². The van der Waals surface area contributed by atoms with Crippen molar-refractivity contribution < 1.29 is 22.7 Å². The zero-order chi connectivity index (χ0) is 32.4. The van der Waals surface area contributed by atoms with Gasteiger partial charge in [0, 0.05) is 50.2 Å². The Hall–Kier alpha value is -4.60. The topological polar surface area (TPSA) is 94.3 Å². The van der Waals surface area contributed by atoms with Crippen LogP contribution in [0, 0.1) is 20.8 Å². The van der Waals surface area contributed by atoms with E-state index in [-0.39, 0.29) is 17.2 Å². The molecule has 4 aromatic carbocycles. The highest BCUT2D eigenvalue weighted by atomic mass is 32.2. The molecule has 6 rings (SSSR count). The number of carbonyl (C=O) groups is 1. The van der Waals surface area contributed by atoms with Crippen molar-refractivity contribution in [2.24, 2.45) is 0 Å². The third-order valence-corrected chi connectivity index (χ3v) is 10.8. The fourth-order valence-corrected chi connectivity index (χ4v) is 7.69. The number of hydrogen-bond donors (Lipinski definition) is 1. The fraction of sp³-hybridized carbons (Fsp3) is 0.270. The Morgan fingerprint density at radius 2 is 1.54 bits per heavy atom. The molecule has 0 radical (unpaired) electrons. The highest BCUT2D eigenvalue weighted by Crippen LogP contribution is 2.36. The molecule has 0 spiro atoms. The van der Waals surface area contributed by atoms with E-state index in [1.54, 1.807) is 6.92 Å². The van der Waals surface area contributed by atoms with Gasteiger partial charge in [0.15, 0.2) is 0 Å². The van der Waals surface area contributed by atoms with Gasteiger partial charge >= 0.3 is 5.97 Å². The van der Waals surface area contributed by atoms with Crippen LogP contribution in [0.25, 0.3) is 11.0 Å². The first-order valence-corrected chi connectivity index (χ1v) is 17.0. The number of anilines is 2. The average molecular weight is 638 g/mol. The SMILES string of the molecule is Cc1ccc(CN2CCN(c3ccccc3N(CCc3ccccc3)S(=O)(=O)c3ccc4oc(C(=O)O)c(C)c4c3)CC2)cc1C. The zero-order valence-corrected chi connectivity index (χ0v) is 27.3. The number of rotatable bonds is 10. The highest BCUT2D eigenvalue weighted by Gasteiger charge is 2.30.